The SMILES string of the molecule is COc1cc(Br)ccc1C(=O)c1cccc(OC)c1F. The Kier molecular flexibility index (Phi) is 4.39. The third-order valence-corrected chi connectivity index (χ3v) is 3.33. The molecule has 0 spiro atoms. The fourth-order valence-corrected chi connectivity index (χ4v) is 2.18. The zero-order valence-electron chi connectivity index (χ0n) is 10.9. The Morgan fingerprint density at radius 2 is 1.75 bits per heavy atom. The van der Waals surface area contributed by atoms with Crippen LogP contribution in [0, 0.1) is 5.82 Å². The Morgan fingerprint density at radius 3 is 2.40 bits per heavy atom. The molecular weight excluding hydrogens is 327 g/mol. The molecule has 20 heavy (non-hydrogen) atoms. The Bertz CT molecular complexity index is 656. The largest absolute Gasteiger partial charge is 0.496 e. The number of ketones is 1. The van der Waals surface area contributed by atoms with Gasteiger partial charge in [0.05, 0.1) is 25.3 Å². The standard InChI is InChI=1S/C15H12BrFO3/c1-19-12-5-3-4-11(14(12)17)15(18)10-7-6-9(16)8-13(10)20-2/h3-8H,1-2H3. The second-order valence-corrected chi connectivity index (χ2v) is 4.91. The van der Waals surface area contributed by atoms with Crippen molar-refractivity contribution in [3.05, 3.63) is 57.8 Å². The topological polar surface area (TPSA) is 35.5 Å². The molecule has 2 aromatic carbocycles. The third kappa shape index (κ3) is 2.67. The molecule has 2 aromatic rings. The monoisotopic (exact) mass is 338 g/mol. The molecule has 5 heteroatoms. The van der Waals surface area contributed by atoms with E-state index in [2.05, 4.69) is 15.9 Å². The van der Waals surface area contributed by atoms with Crippen molar-refractivity contribution in [2.24, 2.45) is 0 Å². The van der Waals surface area contributed by atoms with Crippen LogP contribution in [0.4, 0.5) is 4.39 Å². The molecule has 0 bridgehead atoms. The molecule has 0 saturated carbocycles. The molecule has 0 amide bonds. The first-order valence-corrected chi connectivity index (χ1v) is 6.58. The van der Waals surface area contributed by atoms with Gasteiger partial charge in [0, 0.05) is 4.47 Å². The summed E-state index contributed by atoms with van der Waals surface area (Å²) in [6.45, 7) is 0. The van der Waals surface area contributed by atoms with Crippen molar-refractivity contribution >= 4 is 21.7 Å². The van der Waals surface area contributed by atoms with Crippen LogP contribution in [0.3, 0.4) is 0 Å². The van der Waals surface area contributed by atoms with E-state index in [9.17, 15) is 9.18 Å². The van der Waals surface area contributed by atoms with Gasteiger partial charge in [0.25, 0.3) is 0 Å². The lowest BCUT2D eigenvalue weighted by Gasteiger charge is -2.10. The lowest BCUT2D eigenvalue weighted by atomic mass is 10.0. The smallest absolute Gasteiger partial charge is 0.199 e. The maximum atomic E-state index is 14.1. The minimum Gasteiger partial charge on any atom is -0.496 e. The number of ether oxygens (including phenoxy) is 2. The predicted octanol–water partition coefficient (Wildman–Crippen LogP) is 3.84. The molecule has 0 aliphatic carbocycles. The number of rotatable bonds is 4. The lowest BCUT2D eigenvalue weighted by molar-refractivity contribution is 0.103. The van der Waals surface area contributed by atoms with E-state index in [1.54, 1.807) is 24.3 Å². The molecule has 104 valence electrons. The van der Waals surface area contributed by atoms with E-state index in [1.807, 2.05) is 0 Å². The molecule has 0 heterocycles. The molecule has 0 unspecified atom stereocenters. The van der Waals surface area contributed by atoms with Gasteiger partial charge in [0.15, 0.2) is 17.3 Å². The summed E-state index contributed by atoms with van der Waals surface area (Å²) in [4.78, 5) is 12.4. The van der Waals surface area contributed by atoms with Gasteiger partial charge < -0.3 is 9.47 Å². The zero-order valence-corrected chi connectivity index (χ0v) is 12.5. The first kappa shape index (κ1) is 14.5. The van der Waals surface area contributed by atoms with Gasteiger partial charge >= 0.3 is 0 Å². The average Bonchev–Trinajstić information content (AvgIpc) is 2.46. The molecule has 0 saturated heterocycles. The fraction of sp³-hybridized carbons (Fsp3) is 0.133. The van der Waals surface area contributed by atoms with Crippen LogP contribution in [-0.4, -0.2) is 20.0 Å². The van der Waals surface area contributed by atoms with Crippen LogP contribution >= 0.6 is 15.9 Å². The molecule has 0 aliphatic heterocycles. The molecule has 0 fully saturated rings. The van der Waals surface area contributed by atoms with E-state index in [0.29, 0.717) is 11.3 Å². The number of carbonyl (C=O) groups excluding carboxylic acids is 1. The van der Waals surface area contributed by atoms with Crippen LogP contribution in [0.15, 0.2) is 40.9 Å². The summed E-state index contributed by atoms with van der Waals surface area (Å²) >= 11 is 3.29. The van der Waals surface area contributed by atoms with Gasteiger partial charge in [-0.25, -0.2) is 4.39 Å². The van der Waals surface area contributed by atoms with Gasteiger partial charge in [-0.05, 0) is 30.3 Å². The van der Waals surface area contributed by atoms with Crippen molar-refractivity contribution in [1.29, 1.82) is 0 Å². The van der Waals surface area contributed by atoms with E-state index in [-0.39, 0.29) is 11.3 Å². The highest BCUT2D eigenvalue weighted by molar-refractivity contribution is 9.10. The Balaban J connectivity index is 2.52. The van der Waals surface area contributed by atoms with Crippen LogP contribution in [0.25, 0.3) is 0 Å². The number of carbonyl (C=O) groups is 1. The zero-order chi connectivity index (χ0) is 14.7. The molecule has 2 rings (SSSR count). The molecule has 3 nitrogen and oxygen atoms in total. The summed E-state index contributed by atoms with van der Waals surface area (Å²) in [5, 5.41) is 0. The summed E-state index contributed by atoms with van der Waals surface area (Å²) in [7, 11) is 2.81. The van der Waals surface area contributed by atoms with Crippen LogP contribution in [0.2, 0.25) is 0 Å². The van der Waals surface area contributed by atoms with Crippen molar-refractivity contribution in [3.8, 4) is 11.5 Å². The van der Waals surface area contributed by atoms with Crippen molar-refractivity contribution in [2.75, 3.05) is 14.2 Å². The predicted molar refractivity (Wildman–Crippen MR) is 77.1 cm³/mol. The summed E-state index contributed by atoms with van der Waals surface area (Å²) in [6, 6.07) is 9.40. The van der Waals surface area contributed by atoms with Gasteiger partial charge in [0.1, 0.15) is 5.75 Å². The number of benzene rings is 2. The summed E-state index contributed by atoms with van der Waals surface area (Å²) in [6.07, 6.45) is 0. The fourth-order valence-electron chi connectivity index (χ4n) is 1.84. The van der Waals surface area contributed by atoms with E-state index < -0.39 is 11.6 Å². The second-order valence-electron chi connectivity index (χ2n) is 4.00. The summed E-state index contributed by atoms with van der Waals surface area (Å²) in [5.74, 6) is -0.714. The van der Waals surface area contributed by atoms with Gasteiger partial charge in [-0.15, -0.1) is 0 Å². The highest BCUT2D eigenvalue weighted by Crippen LogP contribution is 2.28. The lowest BCUT2D eigenvalue weighted by Crippen LogP contribution is -2.07. The molecule has 0 radical (unpaired) electrons. The normalized spacial score (nSPS) is 10.2. The van der Waals surface area contributed by atoms with Crippen molar-refractivity contribution in [3.63, 3.8) is 0 Å². The summed E-state index contributed by atoms with van der Waals surface area (Å²) < 4.78 is 24.9. The minimum atomic E-state index is -0.676. The third-order valence-electron chi connectivity index (χ3n) is 2.84. The summed E-state index contributed by atoms with van der Waals surface area (Å²) in [5.41, 5.74) is 0.243. The Morgan fingerprint density at radius 1 is 1.05 bits per heavy atom. The van der Waals surface area contributed by atoms with Crippen LogP contribution in [-0.2, 0) is 0 Å². The molecule has 0 atom stereocenters. The second kappa shape index (κ2) is 6.05. The van der Waals surface area contributed by atoms with E-state index in [4.69, 9.17) is 9.47 Å². The van der Waals surface area contributed by atoms with Gasteiger partial charge in [-0.1, -0.05) is 22.0 Å². The molecule has 0 aromatic heterocycles. The first-order valence-electron chi connectivity index (χ1n) is 5.79. The molecule has 0 N–H and O–H groups in total. The Hall–Kier alpha value is -1.88. The number of hydrogen-bond donors (Lipinski definition) is 0. The number of halogens is 2. The van der Waals surface area contributed by atoms with Gasteiger partial charge in [-0.2, -0.15) is 0 Å². The van der Waals surface area contributed by atoms with Crippen LogP contribution in [0.5, 0.6) is 11.5 Å². The van der Waals surface area contributed by atoms with Crippen LogP contribution in [0.1, 0.15) is 15.9 Å². The number of methoxy groups -OCH3 is 2. The number of hydrogen-bond acceptors (Lipinski definition) is 3. The maximum Gasteiger partial charge on any atom is 0.199 e. The highest BCUT2D eigenvalue weighted by atomic mass is 79.9. The van der Waals surface area contributed by atoms with Crippen molar-refractivity contribution < 1.29 is 18.7 Å². The molecular formula is C15H12BrFO3. The van der Waals surface area contributed by atoms with Crippen molar-refractivity contribution in [2.45, 2.75) is 0 Å². The van der Waals surface area contributed by atoms with Gasteiger partial charge in [0.2, 0.25) is 0 Å². The van der Waals surface area contributed by atoms with Crippen LogP contribution < -0.4 is 9.47 Å². The Labute approximate surface area is 124 Å². The van der Waals surface area contributed by atoms with E-state index >= 15 is 0 Å². The first-order chi connectivity index (χ1) is 9.58. The van der Waals surface area contributed by atoms with Gasteiger partial charge in [-0.3, -0.25) is 4.79 Å². The van der Waals surface area contributed by atoms with E-state index in [1.165, 1.54) is 26.4 Å². The quantitative estimate of drug-likeness (QED) is 0.794. The minimum absolute atomic E-state index is 0.0342. The average molecular weight is 339 g/mol. The highest BCUT2D eigenvalue weighted by Gasteiger charge is 2.20. The molecule has 0 aliphatic rings. The van der Waals surface area contributed by atoms with E-state index in [0.717, 1.165) is 4.47 Å². The van der Waals surface area contributed by atoms with Crippen molar-refractivity contribution in [1.82, 2.24) is 0 Å². The maximum absolute atomic E-state index is 14.1.